The second-order valence-electron chi connectivity index (χ2n) is 5.06. The first kappa shape index (κ1) is 16.6. The number of carboxylic acids is 1. The third kappa shape index (κ3) is 3.92. The molecule has 0 fully saturated rings. The van der Waals surface area contributed by atoms with Crippen molar-refractivity contribution in [2.45, 2.75) is 25.5 Å². The van der Waals surface area contributed by atoms with Crippen molar-refractivity contribution < 1.29 is 24.2 Å². The van der Waals surface area contributed by atoms with Crippen molar-refractivity contribution in [1.29, 1.82) is 0 Å². The van der Waals surface area contributed by atoms with Gasteiger partial charge < -0.3 is 20.5 Å². The SMILES string of the molecule is Cc1cccc(C(O)C(=O)N[C@@H](Cc2cnc[nH]2)C(=O)O)c1F. The Hall–Kier alpha value is -2.74. The van der Waals surface area contributed by atoms with Crippen LogP contribution in [0.2, 0.25) is 0 Å². The van der Waals surface area contributed by atoms with E-state index in [4.69, 9.17) is 5.11 Å². The molecule has 8 heteroatoms. The van der Waals surface area contributed by atoms with Gasteiger partial charge in [0.15, 0.2) is 6.10 Å². The number of H-pyrrole nitrogens is 1. The van der Waals surface area contributed by atoms with Gasteiger partial charge >= 0.3 is 5.97 Å². The fourth-order valence-electron chi connectivity index (χ4n) is 2.09. The van der Waals surface area contributed by atoms with Gasteiger partial charge in [-0.3, -0.25) is 4.79 Å². The number of rotatable bonds is 6. The summed E-state index contributed by atoms with van der Waals surface area (Å²) in [6.45, 7) is 1.50. The third-order valence-corrected chi connectivity index (χ3v) is 3.36. The summed E-state index contributed by atoms with van der Waals surface area (Å²) in [5.41, 5.74) is 0.587. The molecule has 0 saturated carbocycles. The van der Waals surface area contributed by atoms with Crippen LogP contribution in [0, 0.1) is 12.7 Å². The maximum absolute atomic E-state index is 13.9. The number of aliphatic hydroxyl groups excluding tert-OH is 1. The van der Waals surface area contributed by atoms with E-state index in [1.54, 1.807) is 0 Å². The first-order valence-corrected chi connectivity index (χ1v) is 6.83. The largest absolute Gasteiger partial charge is 0.480 e. The lowest BCUT2D eigenvalue weighted by atomic mass is 10.0. The molecule has 2 rings (SSSR count). The highest BCUT2D eigenvalue weighted by molar-refractivity contribution is 5.87. The zero-order valence-corrected chi connectivity index (χ0v) is 12.3. The standard InChI is InChI=1S/C15H16FN3O4/c1-8-3-2-4-10(12(8)16)13(20)14(21)19-11(15(22)23)5-9-6-17-7-18-9/h2-4,6-7,11,13,20H,5H2,1H3,(H,17,18)(H,19,21)(H,22,23)/t11-,13?/m0/s1. The van der Waals surface area contributed by atoms with Crippen LogP contribution in [0.1, 0.15) is 22.9 Å². The number of carbonyl (C=O) groups excluding carboxylic acids is 1. The van der Waals surface area contributed by atoms with Crippen LogP contribution in [-0.4, -0.2) is 38.1 Å². The summed E-state index contributed by atoms with van der Waals surface area (Å²) in [5, 5.41) is 21.3. The number of aromatic nitrogens is 2. The fourth-order valence-corrected chi connectivity index (χ4v) is 2.09. The molecule has 1 heterocycles. The van der Waals surface area contributed by atoms with E-state index < -0.39 is 29.8 Å². The highest BCUT2D eigenvalue weighted by Crippen LogP contribution is 2.20. The molecule has 0 radical (unpaired) electrons. The number of nitrogens with one attached hydrogen (secondary N) is 2. The Morgan fingerprint density at radius 3 is 2.78 bits per heavy atom. The van der Waals surface area contributed by atoms with Crippen LogP contribution in [0.15, 0.2) is 30.7 Å². The van der Waals surface area contributed by atoms with Crippen molar-refractivity contribution in [3.05, 3.63) is 53.4 Å². The Labute approximate surface area is 131 Å². The van der Waals surface area contributed by atoms with E-state index in [0.29, 0.717) is 5.69 Å². The quantitative estimate of drug-likeness (QED) is 0.625. The molecule has 2 atom stereocenters. The zero-order valence-electron chi connectivity index (χ0n) is 12.3. The molecule has 0 aliphatic carbocycles. The molecule has 0 saturated heterocycles. The van der Waals surface area contributed by atoms with Crippen LogP contribution in [0.5, 0.6) is 0 Å². The third-order valence-electron chi connectivity index (χ3n) is 3.36. The zero-order chi connectivity index (χ0) is 17.0. The first-order valence-electron chi connectivity index (χ1n) is 6.83. The molecule has 0 aliphatic heterocycles. The van der Waals surface area contributed by atoms with E-state index in [1.165, 1.54) is 37.6 Å². The summed E-state index contributed by atoms with van der Waals surface area (Å²) in [6, 6.07) is 3.01. The fraction of sp³-hybridized carbons (Fsp3) is 0.267. The number of hydrogen-bond acceptors (Lipinski definition) is 4. The number of hydrogen-bond donors (Lipinski definition) is 4. The summed E-state index contributed by atoms with van der Waals surface area (Å²) in [5.74, 6) is -2.96. The van der Waals surface area contributed by atoms with Crippen molar-refractivity contribution in [3.63, 3.8) is 0 Å². The number of halogens is 1. The molecule has 4 N–H and O–H groups in total. The molecule has 1 unspecified atom stereocenters. The minimum Gasteiger partial charge on any atom is -0.480 e. The second-order valence-corrected chi connectivity index (χ2v) is 5.06. The molecular formula is C15H16FN3O4. The lowest BCUT2D eigenvalue weighted by Crippen LogP contribution is -2.44. The van der Waals surface area contributed by atoms with Crippen molar-refractivity contribution >= 4 is 11.9 Å². The van der Waals surface area contributed by atoms with E-state index >= 15 is 0 Å². The Morgan fingerprint density at radius 1 is 1.43 bits per heavy atom. The van der Waals surface area contributed by atoms with Crippen LogP contribution < -0.4 is 5.32 Å². The van der Waals surface area contributed by atoms with Gasteiger partial charge in [0.1, 0.15) is 11.9 Å². The van der Waals surface area contributed by atoms with E-state index in [0.717, 1.165) is 0 Å². The average Bonchev–Trinajstić information content (AvgIpc) is 3.01. The molecule has 0 aliphatic rings. The van der Waals surface area contributed by atoms with E-state index in [-0.39, 0.29) is 17.5 Å². The highest BCUT2D eigenvalue weighted by Gasteiger charge is 2.27. The molecule has 2 aromatic rings. The molecule has 0 bridgehead atoms. The van der Waals surface area contributed by atoms with Crippen LogP contribution in [0.3, 0.4) is 0 Å². The number of nitrogens with zero attached hydrogens (tertiary/aromatic N) is 1. The van der Waals surface area contributed by atoms with Crippen LogP contribution in [0.4, 0.5) is 4.39 Å². The molecule has 23 heavy (non-hydrogen) atoms. The number of imidazole rings is 1. The van der Waals surface area contributed by atoms with Crippen molar-refractivity contribution in [3.8, 4) is 0 Å². The summed E-state index contributed by atoms with van der Waals surface area (Å²) in [4.78, 5) is 29.8. The lowest BCUT2D eigenvalue weighted by molar-refractivity contribution is -0.143. The number of aromatic amines is 1. The van der Waals surface area contributed by atoms with Crippen molar-refractivity contribution in [2.24, 2.45) is 0 Å². The molecule has 0 spiro atoms. The van der Waals surface area contributed by atoms with Gasteiger partial charge in [0.25, 0.3) is 5.91 Å². The van der Waals surface area contributed by atoms with Gasteiger partial charge in [-0.05, 0) is 12.5 Å². The Morgan fingerprint density at radius 2 is 2.17 bits per heavy atom. The monoisotopic (exact) mass is 321 g/mol. The van der Waals surface area contributed by atoms with Gasteiger partial charge in [0.05, 0.1) is 6.33 Å². The number of carboxylic acid groups (broad SMARTS) is 1. The Bertz CT molecular complexity index is 703. The Balaban J connectivity index is 2.11. The summed E-state index contributed by atoms with van der Waals surface area (Å²) < 4.78 is 13.9. The van der Waals surface area contributed by atoms with Crippen LogP contribution >= 0.6 is 0 Å². The van der Waals surface area contributed by atoms with Crippen molar-refractivity contribution in [2.75, 3.05) is 0 Å². The van der Waals surface area contributed by atoms with Gasteiger partial charge in [0.2, 0.25) is 0 Å². The van der Waals surface area contributed by atoms with E-state index in [9.17, 15) is 19.1 Å². The number of benzene rings is 1. The number of aliphatic hydroxyl groups is 1. The van der Waals surface area contributed by atoms with Crippen LogP contribution in [-0.2, 0) is 16.0 Å². The second kappa shape index (κ2) is 7.01. The Kier molecular flexibility index (Phi) is 5.07. The van der Waals surface area contributed by atoms with E-state index in [1.807, 2.05) is 0 Å². The predicted molar refractivity (Wildman–Crippen MR) is 78.0 cm³/mol. The molecule has 1 aromatic heterocycles. The van der Waals surface area contributed by atoms with E-state index in [2.05, 4.69) is 15.3 Å². The topological polar surface area (TPSA) is 115 Å². The smallest absolute Gasteiger partial charge is 0.326 e. The molecule has 1 aromatic carbocycles. The predicted octanol–water partition coefficient (Wildman–Crippen LogP) is 0.703. The maximum atomic E-state index is 13.9. The molecule has 1 amide bonds. The number of carbonyl (C=O) groups is 2. The summed E-state index contributed by atoms with van der Waals surface area (Å²) in [6.07, 6.45) is 0.981. The maximum Gasteiger partial charge on any atom is 0.326 e. The minimum absolute atomic E-state index is 0.0376. The van der Waals surface area contributed by atoms with Gasteiger partial charge in [-0.1, -0.05) is 18.2 Å². The first-order chi connectivity index (χ1) is 10.9. The minimum atomic E-state index is -1.79. The lowest BCUT2D eigenvalue weighted by Gasteiger charge is -2.17. The normalized spacial score (nSPS) is 13.3. The van der Waals surface area contributed by atoms with Gasteiger partial charge in [-0.15, -0.1) is 0 Å². The molecule has 7 nitrogen and oxygen atoms in total. The summed E-state index contributed by atoms with van der Waals surface area (Å²) in [7, 11) is 0. The number of amides is 1. The molecule has 122 valence electrons. The van der Waals surface area contributed by atoms with Crippen LogP contribution in [0.25, 0.3) is 0 Å². The highest BCUT2D eigenvalue weighted by atomic mass is 19.1. The number of aliphatic carboxylic acids is 1. The van der Waals surface area contributed by atoms with Gasteiger partial charge in [0, 0.05) is 23.9 Å². The molecular weight excluding hydrogens is 305 g/mol. The average molecular weight is 321 g/mol. The van der Waals surface area contributed by atoms with Crippen molar-refractivity contribution in [1.82, 2.24) is 15.3 Å². The number of aryl methyl sites for hydroxylation is 1. The summed E-state index contributed by atoms with van der Waals surface area (Å²) >= 11 is 0. The van der Waals surface area contributed by atoms with Gasteiger partial charge in [-0.25, -0.2) is 14.2 Å². The van der Waals surface area contributed by atoms with Gasteiger partial charge in [-0.2, -0.15) is 0 Å².